The zero-order chi connectivity index (χ0) is 10.8. The lowest BCUT2D eigenvalue weighted by molar-refractivity contribution is -0.115. The molecule has 2 nitrogen and oxygen atoms in total. The minimum atomic E-state index is -0.295. The van der Waals surface area contributed by atoms with Gasteiger partial charge in [0.1, 0.15) is 10.1 Å². The van der Waals surface area contributed by atoms with Crippen LogP contribution in [0.5, 0.6) is 0 Å². The summed E-state index contributed by atoms with van der Waals surface area (Å²) >= 11 is 6.05. The quantitative estimate of drug-likeness (QED) is 0.602. The van der Waals surface area contributed by atoms with E-state index in [9.17, 15) is 9.18 Å². The predicted molar refractivity (Wildman–Crippen MR) is 62.7 cm³/mol. The Morgan fingerprint density at radius 1 is 1.33 bits per heavy atom. The molecule has 76 valence electrons. The van der Waals surface area contributed by atoms with Crippen molar-refractivity contribution in [2.45, 2.75) is 0 Å². The number of hydrogen-bond donors (Lipinski definition) is 1. The highest BCUT2D eigenvalue weighted by atomic mass is 32.2. The molecule has 0 bridgehead atoms. The van der Waals surface area contributed by atoms with Crippen molar-refractivity contribution in [2.75, 3.05) is 0 Å². The third-order valence-electron chi connectivity index (χ3n) is 1.81. The molecule has 1 heterocycles. The molecule has 1 aromatic carbocycles. The highest BCUT2D eigenvalue weighted by molar-refractivity contribution is 8.26. The van der Waals surface area contributed by atoms with Crippen molar-refractivity contribution in [1.82, 2.24) is 5.32 Å². The summed E-state index contributed by atoms with van der Waals surface area (Å²) in [5, 5.41) is 2.51. The lowest BCUT2D eigenvalue weighted by Gasteiger charge is -1.94. The van der Waals surface area contributed by atoms with Crippen molar-refractivity contribution in [2.24, 2.45) is 0 Å². The van der Waals surface area contributed by atoms with Gasteiger partial charge in [0.2, 0.25) is 0 Å². The maximum absolute atomic E-state index is 12.6. The van der Waals surface area contributed by atoms with Crippen molar-refractivity contribution in [1.29, 1.82) is 0 Å². The van der Waals surface area contributed by atoms with Crippen molar-refractivity contribution >= 4 is 40.3 Å². The van der Waals surface area contributed by atoms with Gasteiger partial charge in [0.15, 0.2) is 0 Å². The first-order valence-corrected chi connectivity index (χ1v) is 5.38. The van der Waals surface area contributed by atoms with E-state index in [4.69, 9.17) is 12.2 Å². The number of halogens is 1. The Labute approximate surface area is 95.6 Å². The van der Waals surface area contributed by atoms with E-state index in [-0.39, 0.29) is 11.7 Å². The predicted octanol–water partition coefficient (Wildman–Crippen LogP) is 2.31. The molecule has 1 fully saturated rings. The molecule has 1 aliphatic heterocycles. The molecule has 0 aliphatic carbocycles. The van der Waals surface area contributed by atoms with Crippen molar-refractivity contribution in [3.05, 3.63) is 40.6 Å². The number of amides is 1. The highest BCUT2D eigenvalue weighted by Gasteiger charge is 2.21. The van der Waals surface area contributed by atoms with Gasteiger partial charge < -0.3 is 5.32 Å². The van der Waals surface area contributed by atoms with E-state index in [0.29, 0.717) is 9.23 Å². The summed E-state index contributed by atoms with van der Waals surface area (Å²) in [6, 6.07) is 5.92. The molecule has 0 spiro atoms. The molecule has 0 aromatic heterocycles. The van der Waals surface area contributed by atoms with Crippen LogP contribution in [0, 0.1) is 5.82 Å². The zero-order valence-corrected chi connectivity index (χ0v) is 9.12. The van der Waals surface area contributed by atoms with Gasteiger partial charge in [-0.2, -0.15) is 0 Å². The van der Waals surface area contributed by atoms with Gasteiger partial charge in [0.05, 0.1) is 4.91 Å². The summed E-state index contributed by atoms with van der Waals surface area (Å²) in [4.78, 5) is 11.8. The number of benzene rings is 1. The van der Waals surface area contributed by atoms with Crippen LogP contribution in [0.2, 0.25) is 0 Å². The average Bonchev–Trinajstić information content (AvgIpc) is 2.49. The Hall–Kier alpha value is -1.20. The van der Waals surface area contributed by atoms with E-state index >= 15 is 0 Å². The van der Waals surface area contributed by atoms with Crippen LogP contribution in [0.25, 0.3) is 6.08 Å². The van der Waals surface area contributed by atoms with Crippen LogP contribution in [0.4, 0.5) is 4.39 Å². The van der Waals surface area contributed by atoms with E-state index < -0.39 is 0 Å². The minimum absolute atomic E-state index is 0.200. The van der Waals surface area contributed by atoms with E-state index in [1.807, 2.05) is 0 Å². The average molecular weight is 239 g/mol. The molecule has 0 saturated carbocycles. The summed E-state index contributed by atoms with van der Waals surface area (Å²) in [7, 11) is 0. The van der Waals surface area contributed by atoms with Crippen molar-refractivity contribution < 1.29 is 9.18 Å². The van der Waals surface area contributed by atoms with E-state index in [2.05, 4.69) is 5.32 Å². The van der Waals surface area contributed by atoms with Gasteiger partial charge in [-0.05, 0) is 23.8 Å². The van der Waals surface area contributed by atoms with E-state index in [0.717, 1.165) is 5.56 Å². The first kappa shape index (κ1) is 10.3. The van der Waals surface area contributed by atoms with Crippen LogP contribution in [-0.4, -0.2) is 10.2 Å². The molecule has 15 heavy (non-hydrogen) atoms. The van der Waals surface area contributed by atoms with Gasteiger partial charge in [-0.1, -0.05) is 36.1 Å². The monoisotopic (exact) mass is 239 g/mol. The smallest absolute Gasteiger partial charge is 0.263 e. The Morgan fingerprint density at radius 2 is 2.00 bits per heavy atom. The molecule has 0 unspecified atom stereocenters. The third kappa shape index (κ3) is 2.43. The molecule has 2 rings (SSSR count). The summed E-state index contributed by atoms with van der Waals surface area (Å²) < 4.78 is 13.1. The number of rotatable bonds is 1. The molecule has 1 N–H and O–H groups in total. The molecule has 0 radical (unpaired) electrons. The molecule has 1 saturated heterocycles. The topological polar surface area (TPSA) is 29.1 Å². The molecule has 1 amide bonds. The molecular formula is C10H6FNOS2. The molecule has 1 aromatic rings. The third-order valence-corrected chi connectivity index (χ3v) is 2.97. The number of thioether (sulfide) groups is 1. The van der Waals surface area contributed by atoms with Crippen molar-refractivity contribution in [3.63, 3.8) is 0 Å². The van der Waals surface area contributed by atoms with Crippen LogP contribution < -0.4 is 5.32 Å². The molecule has 0 atom stereocenters. The fraction of sp³-hybridized carbons (Fsp3) is 0. The van der Waals surface area contributed by atoms with Crippen LogP contribution in [0.3, 0.4) is 0 Å². The number of hydrogen-bond acceptors (Lipinski definition) is 3. The number of carbonyl (C=O) groups excluding carboxylic acids is 1. The summed E-state index contributed by atoms with van der Waals surface area (Å²) in [5.74, 6) is -0.495. The lowest BCUT2D eigenvalue weighted by atomic mass is 10.2. The van der Waals surface area contributed by atoms with Gasteiger partial charge in [0.25, 0.3) is 5.91 Å². The van der Waals surface area contributed by atoms with E-state index in [1.54, 1.807) is 18.2 Å². The van der Waals surface area contributed by atoms with Gasteiger partial charge in [-0.15, -0.1) is 0 Å². The standard InChI is InChI=1S/C10H6FNOS2/c11-7-3-1-6(2-4-7)5-8-9(13)12-10(14)15-8/h1-5H,(H,12,13,14)/b8-5+. The van der Waals surface area contributed by atoms with E-state index in [1.165, 1.54) is 23.9 Å². The molecule has 1 aliphatic rings. The number of nitrogens with one attached hydrogen (secondary N) is 1. The molecule has 5 heteroatoms. The first-order valence-electron chi connectivity index (χ1n) is 4.15. The second-order valence-corrected chi connectivity index (χ2v) is 4.62. The normalized spacial score (nSPS) is 18.3. The van der Waals surface area contributed by atoms with Crippen LogP contribution >= 0.6 is 24.0 Å². The van der Waals surface area contributed by atoms with Crippen LogP contribution in [0.1, 0.15) is 5.56 Å². The zero-order valence-electron chi connectivity index (χ0n) is 7.49. The maximum atomic E-state index is 12.6. The Bertz CT molecular complexity index is 453. The number of thiocarbonyl (C=S) groups is 1. The second kappa shape index (κ2) is 4.12. The summed E-state index contributed by atoms with van der Waals surface area (Å²) in [6.45, 7) is 0. The number of carbonyl (C=O) groups is 1. The van der Waals surface area contributed by atoms with Gasteiger partial charge >= 0.3 is 0 Å². The Kier molecular flexibility index (Phi) is 2.83. The van der Waals surface area contributed by atoms with Gasteiger partial charge in [-0.3, -0.25) is 4.79 Å². The maximum Gasteiger partial charge on any atom is 0.263 e. The molecular weight excluding hydrogens is 233 g/mol. The fourth-order valence-corrected chi connectivity index (χ4v) is 2.18. The Balaban J connectivity index is 2.27. The Morgan fingerprint density at radius 3 is 2.53 bits per heavy atom. The largest absolute Gasteiger partial charge is 0.307 e. The summed E-state index contributed by atoms with van der Waals surface area (Å²) in [5.41, 5.74) is 0.777. The van der Waals surface area contributed by atoms with Gasteiger partial charge in [0, 0.05) is 0 Å². The first-order chi connectivity index (χ1) is 7.15. The van der Waals surface area contributed by atoms with Crippen LogP contribution in [0.15, 0.2) is 29.2 Å². The minimum Gasteiger partial charge on any atom is -0.307 e. The fourth-order valence-electron chi connectivity index (χ4n) is 1.13. The SMILES string of the molecule is O=C1NC(=S)S/C1=C/c1ccc(F)cc1. The van der Waals surface area contributed by atoms with Crippen LogP contribution in [-0.2, 0) is 4.79 Å². The lowest BCUT2D eigenvalue weighted by Crippen LogP contribution is -2.17. The second-order valence-electron chi connectivity index (χ2n) is 2.90. The highest BCUT2D eigenvalue weighted by Crippen LogP contribution is 2.25. The van der Waals surface area contributed by atoms with Crippen molar-refractivity contribution in [3.8, 4) is 0 Å². The summed E-state index contributed by atoms with van der Waals surface area (Å²) in [6.07, 6.45) is 1.68. The van der Waals surface area contributed by atoms with Gasteiger partial charge in [-0.25, -0.2) is 4.39 Å².